The van der Waals surface area contributed by atoms with Gasteiger partial charge in [0.1, 0.15) is 31.0 Å². The van der Waals surface area contributed by atoms with Crippen LogP contribution in [0.2, 0.25) is 0 Å². The first-order chi connectivity index (χ1) is 32.8. The summed E-state index contributed by atoms with van der Waals surface area (Å²) in [7, 11) is 0. The van der Waals surface area contributed by atoms with Gasteiger partial charge in [0.05, 0.1) is 6.10 Å². The fourth-order valence-electron chi connectivity index (χ4n) is 13.3. The molecule has 382 valence electrons. The second kappa shape index (κ2) is 28.9. The van der Waals surface area contributed by atoms with Crippen LogP contribution in [0.4, 0.5) is 0 Å². The Balaban J connectivity index is 0.968. The molecule has 0 bridgehead atoms. The zero-order valence-electron chi connectivity index (χ0n) is 43.7. The van der Waals surface area contributed by atoms with Crippen LogP contribution >= 0.6 is 0 Å². The molecule has 1 heterocycles. The molecule has 0 aromatic heterocycles. The minimum Gasteiger partial charge on any atom is -0.463 e. The van der Waals surface area contributed by atoms with Crippen LogP contribution in [0.1, 0.15) is 183 Å². The van der Waals surface area contributed by atoms with E-state index in [0.717, 1.165) is 113 Å². The molecule has 0 aromatic carbocycles. The molecule has 14 atom stereocenters. The zero-order valence-corrected chi connectivity index (χ0v) is 43.7. The molecule has 0 spiro atoms. The molecule has 14 unspecified atom stereocenters. The number of rotatable bonds is 27. The van der Waals surface area contributed by atoms with Gasteiger partial charge in [0.25, 0.3) is 0 Å². The van der Waals surface area contributed by atoms with E-state index in [-0.39, 0.29) is 30.5 Å². The normalized spacial score (nSPS) is 34.2. The van der Waals surface area contributed by atoms with E-state index in [1.165, 1.54) is 50.5 Å². The lowest BCUT2D eigenvalue weighted by molar-refractivity contribution is -0.313. The van der Waals surface area contributed by atoms with Crippen LogP contribution < -0.4 is 0 Å². The highest BCUT2D eigenvalue weighted by atomic mass is 16.7. The minimum atomic E-state index is -1.47. The number of fused-ring (bicyclic) bond motifs is 5. The van der Waals surface area contributed by atoms with Crippen molar-refractivity contribution >= 4 is 5.97 Å². The topological polar surface area (TPSA) is 105 Å². The van der Waals surface area contributed by atoms with Crippen molar-refractivity contribution in [3.8, 4) is 0 Å². The first kappa shape index (κ1) is 56.1. The van der Waals surface area contributed by atoms with Gasteiger partial charge in [-0.25, -0.2) is 0 Å². The van der Waals surface area contributed by atoms with Crippen LogP contribution in [-0.2, 0) is 19.0 Å². The number of allylic oxidation sites excluding steroid dienone is 15. The molecule has 0 aromatic rings. The summed E-state index contributed by atoms with van der Waals surface area (Å²) >= 11 is 0. The van der Waals surface area contributed by atoms with Crippen molar-refractivity contribution in [2.24, 2.45) is 52.3 Å². The summed E-state index contributed by atoms with van der Waals surface area (Å²) < 4.78 is 18.0. The Morgan fingerprint density at radius 3 is 1.93 bits per heavy atom. The Bertz CT molecular complexity index is 1730. The van der Waals surface area contributed by atoms with E-state index < -0.39 is 30.7 Å². The van der Waals surface area contributed by atoms with Gasteiger partial charge in [0.2, 0.25) is 0 Å². The van der Waals surface area contributed by atoms with Gasteiger partial charge in [-0.3, -0.25) is 4.79 Å². The van der Waals surface area contributed by atoms with E-state index in [2.05, 4.69) is 140 Å². The monoisotopic (exact) mass is 941 g/mol. The average Bonchev–Trinajstić information content (AvgIpc) is 3.69. The molecule has 0 amide bonds. The van der Waals surface area contributed by atoms with Gasteiger partial charge >= 0.3 is 5.97 Å². The van der Waals surface area contributed by atoms with Crippen molar-refractivity contribution in [1.82, 2.24) is 0 Å². The third kappa shape index (κ3) is 15.8. The molecule has 4 aliphatic carbocycles. The van der Waals surface area contributed by atoms with Gasteiger partial charge in [-0.15, -0.1) is 0 Å². The van der Waals surface area contributed by atoms with E-state index >= 15 is 0 Å². The average molecular weight is 941 g/mol. The summed E-state index contributed by atoms with van der Waals surface area (Å²) in [4.78, 5) is 12.7. The second-order valence-electron chi connectivity index (χ2n) is 22.2. The quantitative estimate of drug-likeness (QED) is 0.0428. The number of carbonyl (C=O) groups is 1. The fourth-order valence-corrected chi connectivity index (χ4v) is 13.3. The number of carbonyl (C=O) groups excluding carboxylic acids is 1. The van der Waals surface area contributed by atoms with Gasteiger partial charge in [-0.05, 0) is 168 Å². The van der Waals surface area contributed by atoms with Crippen LogP contribution in [0.5, 0.6) is 0 Å². The van der Waals surface area contributed by atoms with Gasteiger partial charge in [0.15, 0.2) is 6.29 Å². The molecule has 7 heteroatoms. The summed E-state index contributed by atoms with van der Waals surface area (Å²) in [6.07, 6.45) is 48.3. The highest BCUT2D eigenvalue weighted by molar-refractivity contribution is 5.69. The van der Waals surface area contributed by atoms with E-state index in [4.69, 9.17) is 14.2 Å². The van der Waals surface area contributed by atoms with Gasteiger partial charge < -0.3 is 29.5 Å². The number of aliphatic hydroxyl groups is 3. The van der Waals surface area contributed by atoms with E-state index in [1.807, 2.05) is 0 Å². The summed E-state index contributed by atoms with van der Waals surface area (Å²) in [6, 6.07) is 0. The van der Waals surface area contributed by atoms with Gasteiger partial charge in [0, 0.05) is 6.42 Å². The Kier molecular flexibility index (Phi) is 23.8. The standard InChI is InChI=1S/C61H96O7/c1-8-10-11-12-13-14-15-16-17-18-19-20-21-22-23-24-25-26-27-28-29-30-31-32-55(62)66-44-54-56(63)57(64)58(65)59(68-54)67-49-39-41-60(6)48(43-49)35-36-50-52-38-37-51(61(52,7)42-40-53(50)60)46(5)33-34-47(9-2)45(3)4/h10-11,13-14,16-17,19-20,22-23,25-26,28-29,35,45-47,49-54,56-59,63-65H,8-9,12,15,18,21,24,27,30-34,36-44H2,1-7H3/b11-10-,14-13-,17-16-,20-19-,23-22-,26-25-,29-28-. The zero-order chi connectivity index (χ0) is 48.9. The molecule has 68 heavy (non-hydrogen) atoms. The van der Waals surface area contributed by atoms with E-state index in [9.17, 15) is 20.1 Å². The van der Waals surface area contributed by atoms with Crippen molar-refractivity contribution in [3.63, 3.8) is 0 Å². The number of hydrogen-bond donors (Lipinski definition) is 3. The lowest BCUT2D eigenvalue weighted by atomic mass is 9.47. The summed E-state index contributed by atoms with van der Waals surface area (Å²) in [5.74, 6) is 5.10. The molecule has 1 saturated heterocycles. The van der Waals surface area contributed by atoms with Crippen LogP contribution in [0.15, 0.2) is 96.7 Å². The summed E-state index contributed by atoms with van der Waals surface area (Å²) in [5.41, 5.74) is 2.09. The summed E-state index contributed by atoms with van der Waals surface area (Å²) in [5, 5.41) is 32.6. The Labute approximate surface area is 414 Å². The molecule has 5 rings (SSSR count). The number of aliphatic hydroxyl groups excluding tert-OH is 3. The predicted molar refractivity (Wildman–Crippen MR) is 281 cm³/mol. The number of hydrogen-bond acceptors (Lipinski definition) is 7. The SMILES string of the molecule is CC/C=C\C/C=C\C/C=C\C/C=C\C/C=C\C/C=C\C/C=C\CCCC(=O)OCC1OC(OC2CCC3(C)C(=CCC4C3CCC3(C)C(C(C)CCC(CC)C(C)C)CCC43)C2)C(O)C(O)C1O. The van der Waals surface area contributed by atoms with Crippen LogP contribution in [0.25, 0.3) is 0 Å². The molecular weight excluding hydrogens is 845 g/mol. The fraction of sp³-hybridized carbons (Fsp3) is 0.721. The largest absolute Gasteiger partial charge is 0.463 e. The molecule has 4 fully saturated rings. The Morgan fingerprint density at radius 2 is 1.34 bits per heavy atom. The molecular formula is C61H96O7. The van der Waals surface area contributed by atoms with Crippen LogP contribution in [0.3, 0.4) is 0 Å². The van der Waals surface area contributed by atoms with Crippen molar-refractivity contribution in [2.75, 3.05) is 6.61 Å². The number of esters is 1. The Hall–Kier alpha value is -2.81. The number of unbranched alkanes of at least 4 members (excludes halogenated alkanes) is 1. The van der Waals surface area contributed by atoms with E-state index in [0.29, 0.717) is 17.8 Å². The third-order valence-electron chi connectivity index (χ3n) is 17.5. The smallest absolute Gasteiger partial charge is 0.305 e. The first-order valence-electron chi connectivity index (χ1n) is 27.6. The first-order valence-corrected chi connectivity index (χ1v) is 27.6. The van der Waals surface area contributed by atoms with Crippen molar-refractivity contribution < 1.29 is 34.3 Å². The molecule has 7 nitrogen and oxygen atoms in total. The molecule has 5 aliphatic rings. The second-order valence-corrected chi connectivity index (χ2v) is 22.2. The van der Waals surface area contributed by atoms with Crippen LogP contribution in [-0.4, -0.2) is 64.7 Å². The number of ether oxygens (including phenoxy) is 3. The highest BCUT2D eigenvalue weighted by Gasteiger charge is 2.59. The maximum atomic E-state index is 12.7. The minimum absolute atomic E-state index is 0.155. The van der Waals surface area contributed by atoms with Crippen molar-refractivity contribution in [3.05, 3.63) is 96.7 Å². The predicted octanol–water partition coefficient (Wildman–Crippen LogP) is 14.2. The Morgan fingerprint density at radius 1 is 0.735 bits per heavy atom. The van der Waals surface area contributed by atoms with Crippen molar-refractivity contribution in [1.29, 1.82) is 0 Å². The highest BCUT2D eigenvalue weighted by Crippen LogP contribution is 2.67. The lowest BCUT2D eigenvalue weighted by Gasteiger charge is -2.58. The molecule has 3 N–H and O–H groups in total. The van der Waals surface area contributed by atoms with Crippen molar-refractivity contribution in [2.45, 2.75) is 220 Å². The maximum Gasteiger partial charge on any atom is 0.305 e. The van der Waals surface area contributed by atoms with E-state index in [1.54, 1.807) is 0 Å². The summed E-state index contributed by atoms with van der Waals surface area (Å²) in [6.45, 7) is 16.9. The third-order valence-corrected chi connectivity index (χ3v) is 17.5. The van der Waals surface area contributed by atoms with Crippen LogP contribution in [0, 0.1) is 52.3 Å². The molecule has 1 aliphatic heterocycles. The van der Waals surface area contributed by atoms with Gasteiger partial charge in [-0.2, -0.15) is 0 Å². The maximum absolute atomic E-state index is 12.7. The molecule has 3 saturated carbocycles. The lowest BCUT2D eigenvalue weighted by Crippen LogP contribution is -2.60. The molecule has 0 radical (unpaired) electrons. The van der Waals surface area contributed by atoms with Gasteiger partial charge in [-0.1, -0.05) is 158 Å².